The summed E-state index contributed by atoms with van der Waals surface area (Å²) in [5.74, 6) is 0.425. The lowest BCUT2D eigenvalue weighted by atomic mass is 10.0. The molecule has 0 spiro atoms. The van der Waals surface area contributed by atoms with Crippen LogP contribution < -0.4 is 4.74 Å². The first kappa shape index (κ1) is 14.5. The summed E-state index contributed by atoms with van der Waals surface area (Å²) in [5, 5.41) is 10.2. The van der Waals surface area contributed by atoms with Gasteiger partial charge in [-0.25, -0.2) is 4.39 Å². The molecule has 1 N–H and O–H groups in total. The van der Waals surface area contributed by atoms with Gasteiger partial charge in [0, 0.05) is 29.4 Å². The molecule has 0 saturated carbocycles. The van der Waals surface area contributed by atoms with Crippen molar-refractivity contribution in [2.24, 2.45) is 0 Å². The fourth-order valence-corrected chi connectivity index (χ4v) is 2.29. The number of hydrogen-bond donors (Lipinski definition) is 1. The Hall–Kier alpha value is -1.94. The van der Waals surface area contributed by atoms with E-state index in [1.807, 2.05) is 13.8 Å². The summed E-state index contributed by atoms with van der Waals surface area (Å²) in [5.41, 5.74) is 3.16. The van der Waals surface area contributed by atoms with Crippen molar-refractivity contribution in [2.75, 3.05) is 7.11 Å². The largest absolute Gasteiger partial charge is 0.496 e. The van der Waals surface area contributed by atoms with Crippen LogP contribution in [0.2, 0.25) is 0 Å². The van der Waals surface area contributed by atoms with Crippen molar-refractivity contribution in [1.82, 2.24) is 4.98 Å². The number of ether oxygens (including phenoxy) is 1. The molecule has 1 aromatic carbocycles. The van der Waals surface area contributed by atoms with Gasteiger partial charge in [-0.3, -0.25) is 4.98 Å². The molecule has 0 bridgehead atoms. The van der Waals surface area contributed by atoms with E-state index in [1.54, 1.807) is 25.4 Å². The van der Waals surface area contributed by atoms with Crippen molar-refractivity contribution < 1.29 is 14.2 Å². The van der Waals surface area contributed by atoms with E-state index in [4.69, 9.17) is 4.74 Å². The molecule has 0 saturated heterocycles. The summed E-state index contributed by atoms with van der Waals surface area (Å²) in [6.45, 7) is 3.83. The van der Waals surface area contributed by atoms with Gasteiger partial charge in [0.15, 0.2) is 0 Å². The Morgan fingerprint density at radius 3 is 2.75 bits per heavy atom. The molecule has 0 aliphatic rings. The van der Waals surface area contributed by atoms with Crippen LogP contribution in [0.5, 0.6) is 5.75 Å². The summed E-state index contributed by atoms with van der Waals surface area (Å²) in [6, 6.07) is 5.98. The smallest absolute Gasteiger partial charge is 0.128 e. The Balaban J connectivity index is 2.26. The molecular formula is C16H18FNO2. The van der Waals surface area contributed by atoms with Gasteiger partial charge in [0.1, 0.15) is 11.6 Å². The van der Waals surface area contributed by atoms with Crippen LogP contribution in [0.25, 0.3) is 0 Å². The maximum atomic E-state index is 13.2. The van der Waals surface area contributed by atoms with Crippen molar-refractivity contribution in [2.45, 2.75) is 26.4 Å². The maximum absolute atomic E-state index is 13.2. The lowest BCUT2D eigenvalue weighted by Gasteiger charge is -2.15. The SMILES string of the molecule is COc1c(C)cnc(CC(O)c2cccc(F)c2)c1C. The van der Waals surface area contributed by atoms with Gasteiger partial charge >= 0.3 is 0 Å². The van der Waals surface area contributed by atoms with Crippen LogP contribution in [0.15, 0.2) is 30.5 Å². The van der Waals surface area contributed by atoms with Crippen LogP contribution in [0.1, 0.15) is 28.5 Å². The second kappa shape index (κ2) is 6.01. The standard InChI is InChI=1S/C16H18FNO2/c1-10-9-18-14(11(2)16(10)20-3)8-15(19)12-5-4-6-13(17)7-12/h4-7,9,15,19H,8H2,1-3H3. The minimum atomic E-state index is -0.788. The quantitative estimate of drug-likeness (QED) is 0.932. The zero-order chi connectivity index (χ0) is 14.7. The second-order valence-corrected chi connectivity index (χ2v) is 4.82. The summed E-state index contributed by atoms with van der Waals surface area (Å²) in [6.07, 6.45) is 1.26. The third-order valence-electron chi connectivity index (χ3n) is 3.37. The predicted octanol–water partition coefficient (Wildman–Crippen LogP) is 3.12. The number of methoxy groups -OCH3 is 1. The van der Waals surface area contributed by atoms with Crippen molar-refractivity contribution in [3.8, 4) is 5.75 Å². The van der Waals surface area contributed by atoms with Crippen LogP contribution in [0.4, 0.5) is 4.39 Å². The lowest BCUT2D eigenvalue weighted by molar-refractivity contribution is 0.176. The van der Waals surface area contributed by atoms with E-state index in [1.165, 1.54) is 12.1 Å². The van der Waals surface area contributed by atoms with Gasteiger partial charge in [0.2, 0.25) is 0 Å². The van der Waals surface area contributed by atoms with Gasteiger partial charge in [-0.2, -0.15) is 0 Å². The molecule has 4 heteroatoms. The van der Waals surface area contributed by atoms with Gasteiger partial charge in [0.05, 0.1) is 13.2 Å². The highest BCUT2D eigenvalue weighted by Gasteiger charge is 2.15. The number of hydrogen-bond acceptors (Lipinski definition) is 3. The Morgan fingerprint density at radius 1 is 1.35 bits per heavy atom. The van der Waals surface area contributed by atoms with Gasteiger partial charge in [-0.1, -0.05) is 12.1 Å². The molecule has 1 heterocycles. The van der Waals surface area contributed by atoms with E-state index < -0.39 is 6.10 Å². The Morgan fingerprint density at radius 2 is 2.10 bits per heavy atom. The summed E-state index contributed by atoms with van der Waals surface area (Å²) in [4.78, 5) is 4.34. The topological polar surface area (TPSA) is 42.4 Å². The van der Waals surface area contributed by atoms with E-state index in [-0.39, 0.29) is 5.82 Å². The summed E-state index contributed by atoms with van der Waals surface area (Å²) >= 11 is 0. The number of rotatable bonds is 4. The number of aryl methyl sites for hydroxylation is 1. The van der Waals surface area contributed by atoms with E-state index in [2.05, 4.69) is 4.98 Å². The van der Waals surface area contributed by atoms with Crippen LogP contribution in [-0.4, -0.2) is 17.2 Å². The van der Waals surface area contributed by atoms with E-state index >= 15 is 0 Å². The van der Waals surface area contributed by atoms with E-state index in [9.17, 15) is 9.50 Å². The number of pyridine rings is 1. The molecule has 106 valence electrons. The fourth-order valence-electron chi connectivity index (χ4n) is 2.29. The van der Waals surface area contributed by atoms with Crippen LogP contribution in [0.3, 0.4) is 0 Å². The zero-order valence-corrected chi connectivity index (χ0v) is 11.9. The average Bonchev–Trinajstić information content (AvgIpc) is 2.42. The van der Waals surface area contributed by atoms with Gasteiger partial charge < -0.3 is 9.84 Å². The molecule has 1 atom stereocenters. The molecule has 0 aliphatic carbocycles. The third-order valence-corrected chi connectivity index (χ3v) is 3.37. The number of aromatic nitrogens is 1. The first-order valence-corrected chi connectivity index (χ1v) is 6.45. The summed E-state index contributed by atoms with van der Waals surface area (Å²) in [7, 11) is 1.61. The van der Waals surface area contributed by atoms with E-state index in [0.29, 0.717) is 12.0 Å². The minimum Gasteiger partial charge on any atom is -0.496 e. The minimum absolute atomic E-state index is 0.325. The monoisotopic (exact) mass is 275 g/mol. The van der Waals surface area contributed by atoms with Crippen LogP contribution >= 0.6 is 0 Å². The molecule has 1 aromatic heterocycles. The normalized spacial score (nSPS) is 12.2. The molecule has 20 heavy (non-hydrogen) atoms. The molecule has 2 aromatic rings. The third kappa shape index (κ3) is 2.96. The first-order valence-electron chi connectivity index (χ1n) is 6.45. The molecule has 0 amide bonds. The molecular weight excluding hydrogens is 257 g/mol. The number of aliphatic hydroxyl groups excluding tert-OH is 1. The molecule has 0 fully saturated rings. The van der Waals surface area contributed by atoms with Crippen LogP contribution in [-0.2, 0) is 6.42 Å². The average molecular weight is 275 g/mol. The van der Waals surface area contributed by atoms with Gasteiger partial charge in [-0.05, 0) is 31.5 Å². The van der Waals surface area contributed by atoms with Crippen LogP contribution in [0, 0.1) is 19.7 Å². The number of benzene rings is 1. The fraction of sp³-hybridized carbons (Fsp3) is 0.312. The molecule has 3 nitrogen and oxygen atoms in total. The molecule has 0 radical (unpaired) electrons. The maximum Gasteiger partial charge on any atom is 0.128 e. The summed E-state index contributed by atoms with van der Waals surface area (Å²) < 4.78 is 18.5. The predicted molar refractivity (Wildman–Crippen MR) is 75.3 cm³/mol. The Kier molecular flexibility index (Phi) is 4.35. The zero-order valence-electron chi connectivity index (χ0n) is 11.9. The second-order valence-electron chi connectivity index (χ2n) is 4.82. The highest BCUT2D eigenvalue weighted by Crippen LogP contribution is 2.27. The Labute approximate surface area is 118 Å². The van der Waals surface area contributed by atoms with Crippen molar-refractivity contribution in [3.05, 3.63) is 58.7 Å². The van der Waals surface area contributed by atoms with Gasteiger partial charge in [-0.15, -0.1) is 0 Å². The van der Waals surface area contributed by atoms with Gasteiger partial charge in [0.25, 0.3) is 0 Å². The van der Waals surface area contributed by atoms with Crippen molar-refractivity contribution in [1.29, 1.82) is 0 Å². The van der Waals surface area contributed by atoms with Crippen molar-refractivity contribution in [3.63, 3.8) is 0 Å². The van der Waals surface area contributed by atoms with E-state index in [0.717, 1.165) is 22.6 Å². The Bertz CT molecular complexity index is 613. The highest BCUT2D eigenvalue weighted by molar-refractivity contribution is 5.41. The highest BCUT2D eigenvalue weighted by atomic mass is 19.1. The molecule has 0 aliphatic heterocycles. The van der Waals surface area contributed by atoms with Crippen molar-refractivity contribution >= 4 is 0 Å². The molecule has 1 unspecified atom stereocenters. The molecule has 2 rings (SSSR count). The number of halogens is 1. The number of nitrogens with zero attached hydrogens (tertiary/aromatic N) is 1. The first-order chi connectivity index (χ1) is 9.52. The number of aliphatic hydroxyl groups is 1. The lowest BCUT2D eigenvalue weighted by Crippen LogP contribution is -2.07.